The molecule has 0 spiro atoms. The van der Waals surface area contributed by atoms with Crippen molar-refractivity contribution >= 4 is 34.7 Å². The number of benzene rings is 2. The van der Waals surface area contributed by atoms with Crippen molar-refractivity contribution in [2.24, 2.45) is 0 Å². The molecule has 0 aliphatic rings. The monoisotopic (exact) mass is 476 g/mol. The molecule has 0 atom stereocenters. The Morgan fingerprint density at radius 3 is 2.61 bits per heavy atom. The average Bonchev–Trinajstić information content (AvgIpc) is 3.25. The Labute approximate surface area is 201 Å². The number of methoxy groups -OCH3 is 1. The van der Waals surface area contributed by atoms with E-state index in [1.807, 2.05) is 67.6 Å². The van der Waals surface area contributed by atoms with E-state index in [0.29, 0.717) is 5.03 Å². The molecule has 1 amide bonds. The van der Waals surface area contributed by atoms with Crippen molar-refractivity contribution in [3.63, 3.8) is 0 Å². The quantitative estimate of drug-likeness (QED) is 0.320. The Morgan fingerprint density at radius 1 is 1.09 bits per heavy atom. The van der Waals surface area contributed by atoms with Crippen molar-refractivity contribution in [1.29, 1.82) is 0 Å². The largest absolute Gasteiger partial charge is 0.497 e. The Morgan fingerprint density at radius 2 is 1.91 bits per heavy atom. The summed E-state index contributed by atoms with van der Waals surface area (Å²) in [5.74, 6) is 0.991. The molecule has 168 valence electrons. The van der Waals surface area contributed by atoms with Gasteiger partial charge in [0.25, 0.3) is 0 Å². The van der Waals surface area contributed by atoms with Crippen LogP contribution in [0.5, 0.6) is 5.75 Å². The smallest absolute Gasteiger partial charge is 0.234 e. The summed E-state index contributed by atoms with van der Waals surface area (Å²) >= 11 is 2.93. The number of carbonyl (C=O) groups excluding carboxylic acids is 1. The van der Waals surface area contributed by atoms with Crippen molar-refractivity contribution < 1.29 is 9.53 Å². The minimum absolute atomic E-state index is 0.0728. The van der Waals surface area contributed by atoms with E-state index in [2.05, 4.69) is 22.4 Å². The molecule has 2 aromatic heterocycles. The van der Waals surface area contributed by atoms with E-state index in [1.54, 1.807) is 18.4 Å². The molecule has 2 heterocycles. The number of amides is 1. The lowest BCUT2D eigenvalue weighted by atomic mass is 10.1. The summed E-state index contributed by atoms with van der Waals surface area (Å²) in [5.41, 5.74) is 4.71. The molecule has 0 aliphatic heterocycles. The van der Waals surface area contributed by atoms with E-state index in [1.165, 1.54) is 17.3 Å². The highest BCUT2D eigenvalue weighted by Gasteiger charge is 2.14. The van der Waals surface area contributed by atoms with Gasteiger partial charge in [-0.2, -0.15) is 0 Å². The minimum Gasteiger partial charge on any atom is -0.497 e. The van der Waals surface area contributed by atoms with Crippen molar-refractivity contribution in [1.82, 2.24) is 15.2 Å². The number of thioether (sulfide) groups is 1. The molecule has 6 nitrogen and oxygen atoms in total. The number of nitrogens with one attached hydrogen (secondary N) is 1. The van der Waals surface area contributed by atoms with E-state index in [-0.39, 0.29) is 11.7 Å². The van der Waals surface area contributed by atoms with Crippen LogP contribution in [0.15, 0.2) is 65.7 Å². The molecule has 8 heteroatoms. The second-order valence-corrected chi connectivity index (χ2v) is 9.30. The van der Waals surface area contributed by atoms with Gasteiger partial charge in [-0.1, -0.05) is 43.0 Å². The van der Waals surface area contributed by atoms with E-state index in [9.17, 15) is 4.79 Å². The maximum Gasteiger partial charge on any atom is 0.234 e. The summed E-state index contributed by atoms with van der Waals surface area (Å²) in [6.45, 7) is 4.07. The van der Waals surface area contributed by atoms with Crippen molar-refractivity contribution in [3.8, 4) is 26.9 Å². The van der Waals surface area contributed by atoms with Gasteiger partial charge in [0, 0.05) is 11.3 Å². The standard InChI is InChI=1S/C25H24N4O2S2/c1-4-17-8-10-19(11-9-17)27-22(30)15-32-23-13-12-21(28-29-23)24-16(2)26-25(33-24)18-6-5-7-20(14-18)31-3/h5-14H,4,15H2,1-3H3,(H,27,30). The SMILES string of the molecule is CCc1ccc(NC(=O)CSc2ccc(-c3sc(-c4cccc(OC)c4)nc3C)nn2)cc1. The van der Waals surface area contributed by atoms with Crippen molar-refractivity contribution in [3.05, 3.63) is 71.9 Å². The molecule has 0 bridgehead atoms. The van der Waals surface area contributed by atoms with Gasteiger partial charge in [-0.25, -0.2) is 4.98 Å². The van der Waals surface area contributed by atoms with Crippen LogP contribution in [-0.4, -0.2) is 34.0 Å². The second-order valence-electron chi connectivity index (χ2n) is 7.31. The number of aromatic nitrogens is 3. The van der Waals surface area contributed by atoms with Gasteiger partial charge >= 0.3 is 0 Å². The number of carbonyl (C=O) groups is 1. The molecule has 0 aliphatic carbocycles. The Kier molecular flexibility index (Phi) is 7.36. The number of hydrogen-bond acceptors (Lipinski definition) is 7. The predicted molar refractivity (Wildman–Crippen MR) is 135 cm³/mol. The summed E-state index contributed by atoms with van der Waals surface area (Å²) in [6.07, 6.45) is 0.974. The molecule has 0 radical (unpaired) electrons. The average molecular weight is 477 g/mol. The topological polar surface area (TPSA) is 77.0 Å². The summed E-state index contributed by atoms with van der Waals surface area (Å²) in [7, 11) is 1.65. The molecule has 4 aromatic rings. The third-order valence-corrected chi connectivity index (χ3v) is 7.13. The van der Waals surface area contributed by atoms with Crippen LogP contribution < -0.4 is 10.1 Å². The second kappa shape index (κ2) is 10.6. The first kappa shape index (κ1) is 22.9. The molecule has 33 heavy (non-hydrogen) atoms. The lowest BCUT2D eigenvalue weighted by Gasteiger charge is -2.06. The van der Waals surface area contributed by atoms with E-state index in [0.717, 1.165) is 44.7 Å². The van der Waals surface area contributed by atoms with Crippen LogP contribution in [0.25, 0.3) is 21.1 Å². The Bertz CT molecular complexity index is 1240. The minimum atomic E-state index is -0.0728. The first-order valence-corrected chi connectivity index (χ1v) is 12.3. The number of hydrogen-bond donors (Lipinski definition) is 1. The molecule has 1 N–H and O–H groups in total. The third-order valence-electron chi connectivity index (χ3n) is 4.98. The summed E-state index contributed by atoms with van der Waals surface area (Å²) in [4.78, 5) is 17.9. The number of ether oxygens (including phenoxy) is 1. The predicted octanol–water partition coefficient (Wildman–Crippen LogP) is 5.88. The van der Waals surface area contributed by atoms with Gasteiger partial charge in [0.15, 0.2) is 0 Å². The molecule has 0 saturated carbocycles. The van der Waals surface area contributed by atoms with Gasteiger partial charge in [0.05, 0.1) is 23.4 Å². The molecule has 0 unspecified atom stereocenters. The van der Waals surface area contributed by atoms with Gasteiger partial charge in [0.1, 0.15) is 21.5 Å². The first-order chi connectivity index (χ1) is 16.1. The van der Waals surface area contributed by atoms with Crippen molar-refractivity contribution in [2.45, 2.75) is 25.3 Å². The van der Waals surface area contributed by atoms with E-state index in [4.69, 9.17) is 9.72 Å². The van der Waals surface area contributed by atoms with Gasteiger partial charge in [-0.15, -0.1) is 21.5 Å². The number of rotatable bonds is 8. The Balaban J connectivity index is 1.39. The zero-order valence-electron chi connectivity index (χ0n) is 18.7. The highest BCUT2D eigenvalue weighted by molar-refractivity contribution is 7.99. The molecule has 4 rings (SSSR count). The maximum absolute atomic E-state index is 12.3. The third kappa shape index (κ3) is 5.77. The highest BCUT2D eigenvalue weighted by Crippen LogP contribution is 2.35. The number of aryl methyl sites for hydroxylation is 2. The zero-order chi connectivity index (χ0) is 23.2. The maximum atomic E-state index is 12.3. The van der Waals surface area contributed by atoms with E-state index < -0.39 is 0 Å². The fourth-order valence-corrected chi connectivity index (χ4v) is 4.83. The highest BCUT2D eigenvalue weighted by atomic mass is 32.2. The first-order valence-electron chi connectivity index (χ1n) is 10.5. The van der Waals surface area contributed by atoms with Crippen LogP contribution >= 0.6 is 23.1 Å². The van der Waals surface area contributed by atoms with Gasteiger partial charge in [-0.05, 0) is 55.3 Å². The lowest BCUT2D eigenvalue weighted by molar-refractivity contribution is -0.113. The number of anilines is 1. The van der Waals surface area contributed by atoms with E-state index >= 15 is 0 Å². The van der Waals surface area contributed by atoms with Crippen LogP contribution in [0, 0.1) is 6.92 Å². The number of thiazole rings is 1. The summed E-state index contributed by atoms with van der Waals surface area (Å²) in [6, 6.07) is 19.5. The fourth-order valence-electron chi connectivity index (χ4n) is 3.19. The zero-order valence-corrected chi connectivity index (χ0v) is 20.3. The molecule has 2 aromatic carbocycles. The molecular weight excluding hydrogens is 452 g/mol. The van der Waals surface area contributed by atoms with Crippen LogP contribution in [0.1, 0.15) is 18.2 Å². The normalized spacial score (nSPS) is 10.8. The Hall–Kier alpha value is -3.23. The van der Waals surface area contributed by atoms with Crippen LogP contribution in [0.2, 0.25) is 0 Å². The lowest BCUT2D eigenvalue weighted by Crippen LogP contribution is -2.14. The van der Waals surface area contributed by atoms with Crippen molar-refractivity contribution in [2.75, 3.05) is 18.2 Å². The molecule has 0 saturated heterocycles. The van der Waals surface area contributed by atoms with Gasteiger partial charge in [-0.3, -0.25) is 4.79 Å². The van der Waals surface area contributed by atoms with Crippen LogP contribution in [-0.2, 0) is 11.2 Å². The molecule has 0 fully saturated rings. The summed E-state index contributed by atoms with van der Waals surface area (Å²) < 4.78 is 5.32. The fraction of sp³-hybridized carbons (Fsp3) is 0.200. The van der Waals surface area contributed by atoms with Crippen LogP contribution in [0.4, 0.5) is 5.69 Å². The number of nitrogens with zero attached hydrogens (tertiary/aromatic N) is 3. The van der Waals surface area contributed by atoms with Gasteiger partial charge in [0.2, 0.25) is 5.91 Å². The van der Waals surface area contributed by atoms with Crippen LogP contribution in [0.3, 0.4) is 0 Å². The molecular formula is C25H24N4O2S2. The van der Waals surface area contributed by atoms with Gasteiger partial charge < -0.3 is 10.1 Å². The summed E-state index contributed by atoms with van der Waals surface area (Å²) in [5, 5.41) is 13.2.